The number of hydrogen-bond donors (Lipinski definition) is 2. The summed E-state index contributed by atoms with van der Waals surface area (Å²) in [6, 6.07) is 4.33. The first-order valence-electron chi connectivity index (χ1n) is 8.56. The fourth-order valence-corrected chi connectivity index (χ4v) is 2.86. The third kappa shape index (κ3) is 5.55. The number of guanidine groups is 1. The van der Waals surface area contributed by atoms with Gasteiger partial charge in [-0.2, -0.15) is 0 Å². The average molecular weight is 322 g/mol. The van der Waals surface area contributed by atoms with Crippen LogP contribution in [-0.4, -0.2) is 57.3 Å². The highest BCUT2D eigenvalue weighted by Crippen LogP contribution is 2.26. The SMILES string of the molecule is CCNC(=NCC(c1ccc(C)o1)N1CCCC1)NCCOC. The van der Waals surface area contributed by atoms with E-state index in [1.165, 1.54) is 12.8 Å². The van der Waals surface area contributed by atoms with Gasteiger partial charge in [0.1, 0.15) is 11.5 Å². The van der Waals surface area contributed by atoms with Crippen LogP contribution in [0.15, 0.2) is 21.5 Å². The molecule has 130 valence electrons. The van der Waals surface area contributed by atoms with Crippen LogP contribution in [0, 0.1) is 6.92 Å². The van der Waals surface area contributed by atoms with Crippen LogP contribution in [0.5, 0.6) is 0 Å². The number of likely N-dealkylation sites (tertiary alicyclic amines) is 1. The highest BCUT2D eigenvalue weighted by atomic mass is 16.5. The molecule has 0 aromatic carbocycles. The molecule has 1 aromatic heterocycles. The molecule has 1 atom stereocenters. The largest absolute Gasteiger partial charge is 0.465 e. The van der Waals surface area contributed by atoms with Gasteiger partial charge in [-0.05, 0) is 51.9 Å². The second-order valence-corrected chi connectivity index (χ2v) is 5.85. The molecule has 0 bridgehead atoms. The standard InChI is InChI=1S/C17H30N4O2/c1-4-18-17(19-9-12-22-3)20-13-15(21-10-5-6-11-21)16-8-7-14(2)23-16/h7-8,15H,4-6,9-13H2,1-3H3,(H2,18,19,20). The Morgan fingerprint density at radius 1 is 1.35 bits per heavy atom. The lowest BCUT2D eigenvalue weighted by Crippen LogP contribution is -2.39. The van der Waals surface area contributed by atoms with Crippen LogP contribution in [0.3, 0.4) is 0 Å². The summed E-state index contributed by atoms with van der Waals surface area (Å²) in [5, 5.41) is 6.57. The average Bonchev–Trinajstić information content (AvgIpc) is 3.20. The first kappa shape index (κ1) is 17.8. The van der Waals surface area contributed by atoms with Crippen LogP contribution in [0.4, 0.5) is 0 Å². The molecule has 1 unspecified atom stereocenters. The first-order chi connectivity index (χ1) is 11.2. The molecule has 2 rings (SSSR count). The number of aryl methyl sites for hydroxylation is 1. The molecular weight excluding hydrogens is 292 g/mol. The lowest BCUT2D eigenvalue weighted by molar-refractivity contribution is 0.203. The van der Waals surface area contributed by atoms with Crippen molar-refractivity contribution >= 4 is 5.96 Å². The molecule has 1 aromatic rings. The Morgan fingerprint density at radius 2 is 2.13 bits per heavy atom. The van der Waals surface area contributed by atoms with Crippen molar-refractivity contribution in [1.82, 2.24) is 15.5 Å². The van der Waals surface area contributed by atoms with Crippen LogP contribution in [0.25, 0.3) is 0 Å². The number of methoxy groups -OCH3 is 1. The second kappa shape index (κ2) is 9.57. The van der Waals surface area contributed by atoms with E-state index in [2.05, 4.69) is 28.5 Å². The maximum absolute atomic E-state index is 5.88. The topological polar surface area (TPSA) is 62.0 Å². The minimum Gasteiger partial charge on any atom is -0.465 e. The molecule has 0 radical (unpaired) electrons. The predicted molar refractivity (Wildman–Crippen MR) is 92.9 cm³/mol. The second-order valence-electron chi connectivity index (χ2n) is 5.85. The Hall–Kier alpha value is -1.53. The molecule has 0 spiro atoms. The number of furan rings is 1. The summed E-state index contributed by atoms with van der Waals surface area (Å²) in [4.78, 5) is 7.23. The van der Waals surface area contributed by atoms with E-state index in [1.54, 1.807) is 7.11 Å². The quantitative estimate of drug-likeness (QED) is 0.435. The molecule has 2 N–H and O–H groups in total. The van der Waals surface area contributed by atoms with Crippen molar-refractivity contribution in [2.45, 2.75) is 32.7 Å². The van der Waals surface area contributed by atoms with Crippen molar-refractivity contribution in [2.24, 2.45) is 4.99 Å². The van der Waals surface area contributed by atoms with Crippen molar-refractivity contribution in [3.05, 3.63) is 23.7 Å². The van der Waals surface area contributed by atoms with E-state index >= 15 is 0 Å². The maximum Gasteiger partial charge on any atom is 0.191 e. The molecule has 1 aliphatic heterocycles. The van der Waals surface area contributed by atoms with E-state index in [4.69, 9.17) is 14.1 Å². The van der Waals surface area contributed by atoms with E-state index < -0.39 is 0 Å². The maximum atomic E-state index is 5.88. The zero-order valence-corrected chi connectivity index (χ0v) is 14.6. The summed E-state index contributed by atoms with van der Waals surface area (Å²) >= 11 is 0. The Labute approximate surface area is 139 Å². The minimum absolute atomic E-state index is 0.212. The van der Waals surface area contributed by atoms with E-state index in [0.29, 0.717) is 13.2 Å². The van der Waals surface area contributed by atoms with Gasteiger partial charge in [0.05, 0.1) is 19.2 Å². The van der Waals surface area contributed by atoms with Gasteiger partial charge in [0.15, 0.2) is 5.96 Å². The van der Waals surface area contributed by atoms with Gasteiger partial charge >= 0.3 is 0 Å². The highest BCUT2D eigenvalue weighted by molar-refractivity contribution is 5.79. The molecule has 1 aliphatic rings. The predicted octanol–water partition coefficient (Wildman–Crippen LogP) is 1.93. The molecule has 6 heteroatoms. The van der Waals surface area contributed by atoms with E-state index in [9.17, 15) is 0 Å². The van der Waals surface area contributed by atoms with Crippen LogP contribution in [-0.2, 0) is 4.74 Å². The summed E-state index contributed by atoms with van der Waals surface area (Å²) in [6.45, 7) is 9.24. The highest BCUT2D eigenvalue weighted by Gasteiger charge is 2.25. The van der Waals surface area contributed by atoms with Gasteiger partial charge in [-0.3, -0.25) is 9.89 Å². The van der Waals surface area contributed by atoms with Gasteiger partial charge in [-0.25, -0.2) is 0 Å². The number of nitrogens with one attached hydrogen (secondary N) is 2. The van der Waals surface area contributed by atoms with Crippen molar-refractivity contribution in [3.8, 4) is 0 Å². The molecule has 1 saturated heterocycles. The summed E-state index contributed by atoms with van der Waals surface area (Å²) < 4.78 is 11.0. The van der Waals surface area contributed by atoms with Gasteiger partial charge in [0.25, 0.3) is 0 Å². The van der Waals surface area contributed by atoms with Gasteiger partial charge in [0.2, 0.25) is 0 Å². The Bertz CT molecular complexity index is 481. The monoisotopic (exact) mass is 322 g/mol. The van der Waals surface area contributed by atoms with Crippen LogP contribution < -0.4 is 10.6 Å². The lowest BCUT2D eigenvalue weighted by Gasteiger charge is -2.24. The molecule has 0 aliphatic carbocycles. The van der Waals surface area contributed by atoms with Crippen LogP contribution >= 0.6 is 0 Å². The van der Waals surface area contributed by atoms with Gasteiger partial charge in [-0.15, -0.1) is 0 Å². The third-order valence-corrected chi connectivity index (χ3v) is 4.04. The lowest BCUT2D eigenvalue weighted by atomic mass is 10.2. The van der Waals surface area contributed by atoms with Crippen LogP contribution in [0.2, 0.25) is 0 Å². The summed E-state index contributed by atoms with van der Waals surface area (Å²) in [5.41, 5.74) is 0. The minimum atomic E-state index is 0.212. The Morgan fingerprint density at radius 3 is 2.74 bits per heavy atom. The molecule has 23 heavy (non-hydrogen) atoms. The smallest absolute Gasteiger partial charge is 0.191 e. The zero-order valence-electron chi connectivity index (χ0n) is 14.6. The van der Waals surface area contributed by atoms with E-state index in [-0.39, 0.29) is 6.04 Å². The number of hydrogen-bond acceptors (Lipinski definition) is 4. The number of rotatable bonds is 8. The van der Waals surface area contributed by atoms with Crippen molar-refractivity contribution < 1.29 is 9.15 Å². The zero-order chi connectivity index (χ0) is 16.5. The Balaban J connectivity index is 2.03. The molecule has 0 saturated carbocycles. The number of ether oxygens (including phenoxy) is 1. The van der Waals surface area contributed by atoms with Crippen LogP contribution in [0.1, 0.15) is 37.3 Å². The Kier molecular flexibility index (Phi) is 7.42. The molecule has 1 fully saturated rings. The van der Waals surface area contributed by atoms with Gasteiger partial charge < -0.3 is 19.8 Å². The molecule has 2 heterocycles. The summed E-state index contributed by atoms with van der Waals surface area (Å²) in [7, 11) is 1.70. The van der Waals surface area contributed by atoms with Gasteiger partial charge in [-0.1, -0.05) is 0 Å². The molecule has 0 amide bonds. The number of nitrogens with zero attached hydrogens (tertiary/aromatic N) is 2. The van der Waals surface area contributed by atoms with E-state index in [1.807, 2.05) is 13.0 Å². The van der Waals surface area contributed by atoms with Crippen molar-refractivity contribution in [3.63, 3.8) is 0 Å². The summed E-state index contributed by atoms with van der Waals surface area (Å²) in [6.07, 6.45) is 2.51. The van der Waals surface area contributed by atoms with Gasteiger partial charge in [0, 0.05) is 20.2 Å². The molecular formula is C17H30N4O2. The normalized spacial score (nSPS) is 17.4. The fourth-order valence-electron chi connectivity index (χ4n) is 2.86. The van der Waals surface area contributed by atoms with E-state index in [0.717, 1.165) is 43.7 Å². The summed E-state index contributed by atoms with van der Waals surface area (Å²) in [5.74, 6) is 2.80. The first-order valence-corrected chi connectivity index (χ1v) is 8.56. The molecule has 6 nitrogen and oxygen atoms in total. The number of aliphatic imine (C=N–C) groups is 1. The third-order valence-electron chi connectivity index (χ3n) is 4.04. The van der Waals surface area contributed by atoms with Crippen molar-refractivity contribution in [1.29, 1.82) is 0 Å². The fraction of sp³-hybridized carbons (Fsp3) is 0.706. The van der Waals surface area contributed by atoms with Crippen molar-refractivity contribution in [2.75, 3.05) is 46.4 Å².